The molecule has 1 saturated heterocycles. The summed E-state index contributed by atoms with van der Waals surface area (Å²) in [6.07, 6.45) is 6.77. The zero-order valence-electron chi connectivity index (χ0n) is 17.6. The number of nitrogens with zero attached hydrogens (tertiary/aromatic N) is 2. The molecule has 2 fully saturated rings. The first-order valence-corrected chi connectivity index (χ1v) is 11.6. The van der Waals surface area contributed by atoms with E-state index in [9.17, 15) is 9.59 Å². The summed E-state index contributed by atoms with van der Waals surface area (Å²) in [4.78, 5) is 29.5. The molecule has 2 heterocycles. The summed E-state index contributed by atoms with van der Waals surface area (Å²) in [5.74, 6) is 2.63. The third kappa shape index (κ3) is 4.56. The standard InChI is InChI=1S/C23H28N2O4S/c1-16-19(24-21(29-16)23(2)11-4-3-5-12-23)10-13-28-18-8-6-17(7-9-18)14-25-20(26)15-30-22(25)27/h6-9H,3-5,10-15H2,1-2H3. The van der Waals surface area contributed by atoms with Crippen molar-refractivity contribution in [3.8, 4) is 5.75 Å². The summed E-state index contributed by atoms with van der Waals surface area (Å²) in [7, 11) is 0. The molecular formula is C23H28N2O4S. The maximum Gasteiger partial charge on any atom is 0.289 e. The highest BCUT2D eigenvalue weighted by Crippen LogP contribution is 2.39. The lowest BCUT2D eigenvalue weighted by molar-refractivity contribution is -0.125. The fourth-order valence-corrected chi connectivity index (χ4v) is 4.86. The topological polar surface area (TPSA) is 72.6 Å². The average Bonchev–Trinajstić information content (AvgIpc) is 3.27. The molecule has 0 radical (unpaired) electrons. The van der Waals surface area contributed by atoms with Gasteiger partial charge in [0.05, 0.1) is 24.6 Å². The maximum atomic E-state index is 11.7. The highest BCUT2D eigenvalue weighted by molar-refractivity contribution is 8.14. The number of thioether (sulfide) groups is 1. The number of benzene rings is 1. The zero-order valence-corrected chi connectivity index (χ0v) is 18.4. The Hall–Kier alpha value is -2.28. The second-order valence-electron chi connectivity index (χ2n) is 8.42. The summed E-state index contributed by atoms with van der Waals surface area (Å²) < 4.78 is 11.9. The molecule has 1 aromatic heterocycles. The number of oxazole rings is 1. The van der Waals surface area contributed by atoms with E-state index in [1.54, 1.807) is 0 Å². The summed E-state index contributed by atoms with van der Waals surface area (Å²) in [5.41, 5.74) is 1.94. The molecule has 4 rings (SSSR count). The molecule has 1 aromatic carbocycles. The fraction of sp³-hybridized carbons (Fsp3) is 0.522. The Bertz CT molecular complexity index is 900. The van der Waals surface area contributed by atoms with Crippen molar-refractivity contribution in [2.24, 2.45) is 0 Å². The van der Waals surface area contributed by atoms with Gasteiger partial charge in [-0.1, -0.05) is 50.1 Å². The van der Waals surface area contributed by atoms with Crippen LogP contribution in [0.4, 0.5) is 4.79 Å². The molecular weight excluding hydrogens is 400 g/mol. The Morgan fingerprint density at radius 2 is 1.90 bits per heavy atom. The summed E-state index contributed by atoms with van der Waals surface area (Å²) in [5, 5.41) is -0.176. The number of ether oxygens (including phenoxy) is 1. The first-order valence-electron chi connectivity index (χ1n) is 10.6. The number of rotatable bonds is 7. The summed E-state index contributed by atoms with van der Waals surface area (Å²) in [6.45, 7) is 5.07. The van der Waals surface area contributed by atoms with Crippen LogP contribution in [0, 0.1) is 6.92 Å². The number of aromatic nitrogens is 1. The Labute approximate surface area is 181 Å². The molecule has 0 N–H and O–H groups in total. The number of aryl methyl sites for hydroxylation is 1. The van der Waals surface area contributed by atoms with Gasteiger partial charge in [0.15, 0.2) is 0 Å². The molecule has 1 aliphatic carbocycles. The third-order valence-corrected chi connectivity index (χ3v) is 6.94. The van der Waals surface area contributed by atoms with E-state index in [1.165, 1.54) is 24.2 Å². The number of amides is 2. The molecule has 0 bridgehead atoms. The average molecular weight is 429 g/mol. The van der Waals surface area contributed by atoms with E-state index < -0.39 is 0 Å². The zero-order chi connectivity index (χ0) is 21.1. The first-order chi connectivity index (χ1) is 14.4. The van der Waals surface area contributed by atoms with Crippen molar-refractivity contribution in [2.75, 3.05) is 12.4 Å². The van der Waals surface area contributed by atoms with Crippen molar-refractivity contribution < 1.29 is 18.7 Å². The van der Waals surface area contributed by atoms with E-state index in [4.69, 9.17) is 14.1 Å². The van der Waals surface area contributed by atoms with Crippen molar-refractivity contribution in [3.63, 3.8) is 0 Å². The van der Waals surface area contributed by atoms with Crippen LogP contribution in [0.1, 0.15) is 61.9 Å². The normalized spacial score (nSPS) is 18.8. The quantitative estimate of drug-likeness (QED) is 0.616. The van der Waals surface area contributed by atoms with Crippen LogP contribution in [0.15, 0.2) is 28.7 Å². The minimum absolute atomic E-state index is 0.0640. The van der Waals surface area contributed by atoms with Gasteiger partial charge in [0, 0.05) is 11.8 Å². The molecule has 160 valence electrons. The Morgan fingerprint density at radius 3 is 2.57 bits per heavy atom. The van der Waals surface area contributed by atoms with Crippen molar-refractivity contribution in [1.29, 1.82) is 0 Å². The smallest absolute Gasteiger partial charge is 0.289 e. The van der Waals surface area contributed by atoms with Gasteiger partial charge in [-0.15, -0.1) is 0 Å². The third-order valence-electron chi connectivity index (χ3n) is 6.08. The summed E-state index contributed by atoms with van der Waals surface area (Å²) >= 11 is 1.06. The van der Waals surface area contributed by atoms with Gasteiger partial charge in [-0.3, -0.25) is 14.5 Å². The van der Waals surface area contributed by atoms with Crippen LogP contribution in [0.5, 0.6) is 5.75 Å². The van der Waals surface area contributed by atoms with Crippen molar-refractivity contribution in [3.05, 3.63) is 47.2 Å². The molecule has 30 heavy (non-hydrogen) atoms. The van der Waals surface area contributed by atoms with E-state index in [0.29, 0.717) is 19.6 Å². The van der Waals surface area contributed by atoms with Gasteiger partial charge in [0.2, 0.25) is 11.8 Å². The van der Waals surface area contributed by atoms with Gasteiger partial charge >= 0.3 is 0 Å². The van der Waals surface area contributed by atoms with Crippen LogP contribution in [0.3, 0.4) is 0 Å². The molecule has 2 amide bonds. The number of imide groups is 1. The largest absolute Gasteiger partial charge is 0.493 e. The minimum Gasteiger partial charge on any atom is -0.493 e. The molecule has 7 heteroatoms. The maximum absolute atomic E-state index is 11.7. The van der Waals surface area contributed by atoms with Gasteiger partial charge in [-0.25, -0.2) is 4.98 Å². The van der Waals surface area contributed by atoms with Crippen molar-refractivity contribution >= 4 is 22.9 Å². The molecule has 0 atom stereocenters. The molecule has 6 nitrogen and oxygen atoms in total. The Kier molecular flexibility index (Phi) is 6.18. The van der Waals surface area contributed by atoms with E-state index in [-0.39, 0.29) is 22.3 Å². The second kappa shape index (κ2) is 8.84. The predicted molar refractivity (Wildman–Crippen MR) is 116 cm³/mol. The van der Waals surface area contributed by atoms with Crippen molar-refractivity contribution in [1.82, 2.24) is 9.88 Å². The van der Waals surface area contributed by atoms with Crippen LogP contribution in [0.25, 0.3) is 0 Å². The molecule has 0 unspecified atom stereocenters. The monoisotopic (exact) mass is 428 g/mol. The second-order valence-corrected chi connectivity index (χ2v) is 9.35. The van der Waals surface area contributed by atoms with Crippen LogP contribution in [-0.2, 0) is 23.2 Å². The highest BCUT2D eigenvalue weighted by atomic mass is 32.2. The lowest BCUT2D eigenvalue weighted by Crippen LogP contribution is -2.27. The first kappa shape index (κ1) is 21.0. The molecule has 1 saturated carbocycles. The van der Waals surface area contributed by atoms with Crippen molar-refractivity contribution in [2.45, 2.75) is 64.3 Å². The molecule has 1 aliphatic heterocycles. The fourth-order valence-electron chi connectivity index (χ4n) is 4.14. The Balaban J connectivity index is 1.30. The van der Waals surface area contributed by atoms with E-state index in [1.807, 2.05) is 31.2 Å². The summed E-state index contributed by atoms with van der Waals surface area (Å²) in [6, 6.07) is 7.53. The van der Waals surface area contributed by atoms with Gasteiger partial charge < -0.3 is 9.15 Å². The van der Waals surface area contributed by atoms with Crippen LogP contribution in [-0.4, -0.2) is 33.4 Å². The van der Waals surface area contributed by atoms with E-state index in [0.717, 1.165) is 53.3 Å². The van der Waals surface area contributed by atoms with Crippen LogP contribution >= 0.6 is 11.8 Å². The molecule has 2 aromatic rings. The van der Waals surface area contributed by atoms with Gasteiger partial charge in [0.1, 0.15) is 11.5 Å². The lowest BCUT2D eigenvalue weighted by Gasteiger charge is -2.30. The highest BCUT2D eigenvalue weighted by Gasteiger charge is 2.34. The molecule has 2 aliphatic rings. The SMILES string of the molecule is Cc1oc(C2(C)CCCCC2)nc1CCOc1ccc(CN2C(=O)CSC2=O)cc1. The number of hydrogen-bond donors (Lipinski definition) is 0. The van der Waals surface area contributed by atoms with Gasteiger partial charge in [-0.05, 0) is 37.5 Å². The number of hydrogen-bond acceptors (Lipinski definition) is 6. The van der Waals surface area contributed by atoms with Crippen LogP contribution < -0.4 is 4.74 Å². The Morgan fingerprint density at radius 1 is 1.17 bits per heavy atom. The number of carbonyl (C=O) groups excluding carboxylic acids is 2. The molecule has 0 spiro atoms. The van der Waals surface area contributed by atoms with Gasteiger partial charge in [0.25, 0.3) is 5.24 Å². The van der Waals surface area contributed by atoms with E-state index >= 15 is 0 Å². The minimum atomic E-state index is -0.176. The van der Waals surface area contributed by atoms with Crippen LogP contribution in [0.2, 0.25) is 0 Å². The lowest BCUT2D eigenvalue weighted by atomic mass is 9.76. The van der Waals surface area contributed by atoms with E-state index in [2.05, 4.69) is 6.92 Å². The van der Waals surface area contributed by atoms with Gasteiger partial charge in [-0.2, -0.15) is 0 Å². The number of carbonyl (C=O) groups is 2. The predicted octanol–water partition coefficient (Wildman–Crippen LogP) is 5.02.